The quantitative estimate of drug-likeness (QED) is 0.287. The first-order chi connectivity index (χ1) is 18.3. The van der Waals surface area contributed by atoms with Crippen molar-refractivity contribution in [3.05, 3.63) is 75.4 Å². The van der Waals surface area contributed by atoms with Crippen LogP contribution in [0.2, 0.25) is 10.0 Å². The Labute approximate surface area is 232 Å². The van der Waals surface area contributed by atoms with Crippen LogP contribution in [0.1, 0.15) is 67.6 Å². The van der Waals surface area contributed by atoms with Gasteiger partial charge in [0.25, 0.3) is 5.91 Å². The maximum atomic E-state index is 13.7. The molecule has 1 fully saturated rings. The van der Waals surface area contributed by atoms with Gasteiger partial charge in [-0.15, -0.1) is 0 Å². The Bertz CT molecular complexity index is 1360. The van der Waals surface area contributed by atoms with Crippen LogP contribution in [0.15, 0.2) is 48.5 Å². The number of piperidine rings is 1. The van der Waals surface area contributed by atoms with Gasteiger partial charge in [-0.2, -0.15) is 15.0 Å². The molecule has 1 saturated heterocycles. The number of unbranched alkanes of at least 4 members (excludes halogenated alkanes) is 2. The van der Waals surface area contributed by atoms with Gasteiger partial charge < -0.3 is 9.64 Å². The molecule has 3 aromatic rings. The molecular weight excluding hydrogens is 523 g/mol. The van der Waals surface area contributed by atoms with Crippen molar-refractivity contribution in [3.8, 4) is 17.6 Å². The highest BCUT2D eigenvalue weighted by molar-refractivity contribution is 6.35. The molecule has 1 aliphatic rings. The minimum Gasteiger partial charge on any atom is -0.477 e. The van der Waals surface area contributed by atoms with Crippen molar-refractivity contribution in [2.45, 2.75) is 51.4 Å². The van der Waals surface area contributed by atoms with E-state index in [-0.39, 0.29) is 28.8 Å². The molecule has 0 radical (unpaired) electrons. The number of Topliss-reactive ketones (excluding diaryl/α,β-unsaturated/α-hetero) is 1. The van der Waals surface area contributed by atoms with Gasteiger partial charge in [-0.25, -0.2) is 0 Å². The maximum absolute atomic E-state index is 13.7. The SMILES string of the molecule is CCCCCOc1c(C#N)c(C(=O)N2CCC(C(C)=O)(c3ccccc3)CC2)nn1-c1ccc(Cl)cc1Cl. The predicted octanol–water partition coefficient (Wildman–Crippen LogP) is 6.38. The van der Waals surface area contributed by atoms with Gasteiger partial charge in [0.1, 0.15) is 17.4 Å². The maximum Gasteiger partial charge on any atom is 0.275 e. The third-order valence-corrected chi connectivity index (χ3v) is 7.72. The van der Waals surface area contributed by atoms with Crippen LogP contribution in [0.4, 0.5) is 0 Å². The average molecular weight is 553 g/mol. The van der Waals surface area contributed by atoms with Crippen molar-refractivity contribution in [3.63, 3.8) is 0 Å². The largest absolute Gasteiger partial charge is 0.477 e. The number of aromatic nitrogens is 2. The molecule has 2 aromatic carbocycles. The lowest BCUT2D eigenvalue weighted by molar-refractivity contribution is -0.124. The Balaban J connectivity index is 1.66. The zero-order valence-corrected chi connectivity index (χ0v) is 23.1. The monoisotopic (exact) mass is 552 g/mol. The third-order valence-electron chi connectivity index (χ3n) is 7.19. The second kappa shape index (κ2) is 12.0. The number of ketones is 1. The highest BCUT2D eigenvalue weighted by Crippen LogP contribution is 2.38. The molecule has 0 aliphatic carbocycles. The first-order valence-corrected chi connectivity index (χ1v) is 13.5. The van der Waals surface area contributed by atoms with E-state index in [1.54, 1.807) is 30.0 Å². The Morgan fingerprint density at radius 2 is 1.82 bits per heavy atom. The van der Waals surface area contributed by atoms with Crippen LogP contribution in [0.5, 0.6) is 5.88 Å². The van der Waals surface area contributed by atoms with Crippen LogP contribution in [0.3, 0.4) is 0 Å². The van der Waals surface area contributed by atoms with Crippen molar-refractivity contribution >= 4 is 34.9 Å². The molecule has 1 aromatic heterocycles. The Morgan fingerprint density at radius 3 is 2.42 bits per heavy atom. The molecule has 7 nitrogen and oxygen atoms in total. The van der Waals surface area contributed by atoms with Gasteiger partial charge in [-0.1, -0.05) is 73.3 Å². The molecule has 0 bridgehead atoms. The van der Waals surface area contributed by atoms with Crippen LogP contribution in [-0.4, -0.2) is 46.1 Å². The molecule has 0 saturated carbocycles. The van der Waals surface area contributed by atoms with Gasteiger partial charge in [-0.3, -0.25) is 9.59 Å². The van der Waals surface area contributed by atoms with Crippen molar-refractivity contribution in [2.24, 2.45) is 0 Å². The second-order valence-electron chi connectivity index (χ2n) is 9.50. The second-order valence-corrected chi connectivity index (χ2v) is 10.3. The average Bonchev–Trinajstić information content (AvgIpc) is 3.29. The van der Waals surface area contributed by atoms with E-state index in [1.807, 2.05) is 30.3 Å². The van der Waals surface area contributed by atoms with E-state index in [0.29, 0.717) is 48.3 Å². The highest BCUT2D eigenvalue weighted by atomic mass is 35.5. The van der Waals surface area contributed by atoms with Gasteiger partial charge in [0.05, 0.1) is 22.7 Å². The minimum absolute atomic E-state index is 0.000885. The number of carbonyl (C=O) groups is 2. The summed E-state index contributed by atoms with van der Waals surface area (Å²) in [5, 5.41) is 15.4. The number of nitrogens with zero attached hydrogens (tertiary/aromatic N) is 4. The van der Waals surface area contributed by atoms with E-state index in [4.69, 9.17) is 27.9 Å². The number of halogens is 2. The summed E-state index contributed by atoms with van der Waals surface area (Å²) in [5.74, 6) is -0.123. The van der Waals surface area contributed by atoms with Crippen molar-refractivity contribution < 1.29 is 14.3 Å². The van der Waals surface area contributed by atoms with Crippen LogP contribution in [0, 0.1) is 11.3 Å². The third kappa shape index (κ3) is 5.43. The molecule has 1 amide bonds. The number of benzene rings is 2. The standard InChI is InChI=1S/C29H30Cl2N4O3/c1-3-4-8-17-38-28-23(19-32)26(33-35(28)25-12-11-22(30)18-24(25)31)27(37)34-15-13-29(14-16-34,20(2)36)21-9-6-5-7-10-21/h5-7,9-12,18H,3-4,8,13-17H2,1-2H3. The predicted molar refractivity (Wildman–Crippen MR) is 147 cm³/mol. The smallest absolute Gasteiger partial charge is 0.275 e. The number of ether oxygens (including phenoxy) is 1. The lowest BCUT2D eigenvalue weighted by Crippen LogP contribution is -2.48. The number of carbonyl (C=O) groups excluding carboxylic acids is 2. The fourth-order valence-electron chi connectivity index (χ4n) is 4.97. The van der Waals surface area contributed by atoms with E-state index in [9.17, 15) is 14.9 Å². The summed E-state index contributed by atoms with van der Waals surface area (Å²) in [6.45, 7) is 4.79. The number of nitriles is 1. The molecule has 198 valence electrons. The van der Waals surface area contributed by atoms with Gasteiger partial charge in [0.2, 0.25) is 5.88 Å². The topological polar surface area (TPSA) is 88.2 Å². The summed E-state index contributed by atoms with van der Waals surface area (Å²) in [5.41, 5.74) is 0.833. The van der Waals surface area contributed by atoms with E-state index in [2.05, 4.69) is 18.1 Å². The number of likely N-dealkylation sites (tertiary alicyclic amines) is 1. The number of hydrogen-bond donors (Lipinski definition) is 0. The van der Waals surface area contributed by atoms with E-state index in [0.717, 1.165) is 24.8 Å². The summed E-state index contributed by atoms with van der Waals surface area (Å²) in [6.07, 6.45) is 3.76. The summed E-state index contributed by atoms with van der Waals surface area (Å²) >= 11 is 12.5. The molecule has 0 unspecified atom stereocenters. The molecule has 2 heterocycles. The zero-order chi connectivity index (χ0) is 27.3. The fraction of sp³-hybridized carbons (Fsp3) is 0.379. The van der Waals surface area contributed by atoms with Crippen molar-refractivity contribution in [1.82, 2.24) is 14.7 Å². The number of amides is 1. The fourth-order valence-corrected chi connectivity index (χ4v) is 5.45. The molecule has 0 atom stereocenters. The molecule has 0 spiro atoms. The van der Waals surface area contributed by atoms with Crippen molar-refractivity contribution in [1.29, 1.82) is 5.26 Å². The van der Waals surface area contributed by atoms with Gasteiger partial charge in [0, 0.05) is 18.1 Å². The minimum atomic E-state index is -0.639. The molecular formula is C29H30Cl2N4O3. The van der Waals surface area contributed by atoms with Gasteiger partial charge >= 0.3 is 0 Å². The van der Waals surface area contributed by atoms with E-state index < -0.39 is 5.41 Å². The van der Waals surface area contributed by atoms with Crippen LogP contribution >= 0.6 is 23.2 Å². The van der Waals surface area contributed by atoms with Crippen LogP contribution < -0.4 is 4.74 Å². The summed E-state index contributed by atoms with van der Waals surface area (Å²) in [7, 11) is 0. The molecule has 0 N–H and O–H groups in total. The molecule has 9 heteroatoms. The highest BCUT2D eigenvalue weighted by Gasteiger charge is 2.42. The van der Waals surface area contributed by atoms with Crippen LogP contribution in [-0.2, 0) is 10.2 Å². The number of rotatable bonds is 9. The Kier molecular flexibility index (Phi) is 8.76. The first-order valence-electron chi connectivity index (χ1n) is 12.8. The normalized spacial score (nSPS) is 14.7. The lowest BCUT2D eigenvalue weighted by atomic mass is 9.70. The van der Waals surface area contributed by atoms with Crippen LogP contribution in [0.25, 0.3) is 5.69 Å². The van der Waals surface area contributed by atoms with Gasteiger partial charge in [-0.05, 0) is 49.9 Å². The van der Waals surface area contributed by atoms with Crippen molar-refractivity contribution in [2.75, 3.05) is 19.7 Å². The molecule has 4 rings (SSSR count). The first kappa shape index (κ1) is 27.7. The Morgan fingerprint density at radius 1 is 1.11 bits per heavy atom. The molecule has 1 aliphatic heterocycles. The zero-order valence-electron chi connectivity index (χ0n) is 21.5. The summed E-state index contributed by atoms with van der Waals surface area (Å²) in [4.78, 5) is 28.1. The molecule has 38 heavy (non-hydrogen) atoms. The lowest BCUT2D eigenvalue weighted by Gasteiger charge is -2.40. The van der Waals surface area contributed by atoms with E-state index in [1.165, 1.54) is 4.68 Å². The summed E-state index contributed by atoms with van der Waals surface area (Å²) < 4.78 is 7.42. The summed E-state index contributed by atoms with van der Waals surface area (Å²) in [6, 6.07) is 16.7. The van der Waals surface area contributed by atoms with E-state index >= 15 is 0 Å². The van der Waals surface area contributed by atoms with Gasteiger partial charge in [0.15, 0.2) is 5.69 Å². The Hall–Kier alpha value is -3.34. The number of hydrogen-bond acceptors (Lipinski definition) is 5.